The molecule has 0 atom stereocenters. The predicted molar refractivity (Wildman–Crippen MR) is 49.5 cm³/mol. The molecule has 0 fully saturated rings. The summed E-state index contributed by atoms with van der Waals surface area (Å²) in [6.45, 7) is 1.76. The Morgan fingerprint density at radius 3 is 3.00 bits per heavy atom. The van der Waals surface area contributed by atoms with Gasteiger partial charge in [0.05, 0.1) is 6.61 Å². The third-order valence-corrected chi connectivity index (χ3v) is 1.57. The zero-order valence-corrected chi connectivity index (χ0v) is 7.77. The Hall–Kier alpha value is -1.85. The Balaban J connectivity index is 2.86. The highest BCUT2D eigenvalue weighted by atomic mass is 16.5. The average Bonchev–Trinajstić information content (AvgIpc) is 2.12. The van der Waals surface area contributed by atoms with Crippen molar-refractivity contribution < 1.29 is 9.53 Å². The van der Waals surface area contributed by atoms with E-state index in [9.17, 15) is 9.59 Å². The quantitative estimate of drug-likeness (QED) is 0.653. The lowest BCUT2D eigenvalue weighted by Gasteiger charge is -2.06. The molecule has 0 amide bonds. The third-order valence-electron chi connectivity index (χ3n) is 1.57. The van der Waals surface area contributed by atoms with Gasteiger partial charge in [-0.05, 0) is 13.0 Å². The Kier molecular flexibility index (Phi) is 3.22. The summed E-state index contributed by atoms with van der Waals surface area (Å²) in [6.07, 6.45) is 1.29. The summed E-state index contributed by atoms with van der Waals surface area (Å²) in [5.41, 5.74) is 4.92. The van der Waals surface area contributed by atoms with Gasteiger partial charge in [-0.15, -0.1) is 0 Å². The first-order valence-corrected chi connectivity index (χ1v) is 4.12. The summed E-state index contributed by atoms with van der Waals surface area (Å²) in [4.78, 5) is 25.7. The lowest BCUT2D eigenvalue weighted by atomic mass is 10.5. The van der Waals surface area contributed by atoms with Crippen LogP contribution in [0.5, 0.6) is 0 Å². The Morgan fingerprint density at radius 1 is 1.71 bits per heavy atom. The second-order valence-corrected chi connectivity index (χ2v) is 2.54. The minimum absolute atomic E-state index is 0.193. The van der Waals surface area contributed by atoms with Crippen molar-refractivity contribution in [2.45, 2.75) is 13.5 Å². The summed E-state index contributed by atoms with van der Waals surface area (Å²) in [5.74, 6) is -0.313. The minimum Gasteiger partial charge on any atom is -0.465 e. The van der Waals surface area contributed by atoms with Crippen LogP contribution >= 0.6 is 0 Å². The van der Waals surface area contributed by atoms with Crippen molar-refractivity contribution in [2.24, 2.45) is 0 Å². The van der Waals surface area contributed by atoms with E-state index in [0.717, 1.165) is 4.57 Å². The van der Waals surface area contributed by atoms with Crippen molar-refractivity contribution in [3.8, 4) is 0 Å². The molecule has 6 heteroatoms. The van der Waals surface area contributed by atoms with Crippen LogP contribution in [0, 0.1) is 0 Å². The fraction of sp³-hybridized carbons (Fsp3) is 0.375. The molecule has 14 heavy (non-hydrogen) atoms. The molecule has 0 spiro atoms. The summed E-state index contributed by atoms with van der Waals surface area (Å²) >= 11 is 0. The normalized spacial score (nSPS) is 9.79. The predicted octanol–water partition coefficient (Wildman–Crippen LogP) is -0.611. The molecule has 0 aliphatic rings. The maximum atomic E-state index is 11.1. The van der Waals surface area contributed by atoms with Crippen molar-refractivity contribution in [3.63, 3.8) is 0 Å². The molecule has 2 N–H and O–H groups in total. The van der Waals surface area contributed by atoms with Crippen LogP contribution in [0.25, 0.3) is 0 Å². The topological polar surface area (TPSA) is 87.2 Å². The van der Waals surface area contributed by atoms with Gasteiger partial charge in [0.25, 0.3) is 0 Å². The SMILES string of the molecule is CCOC(=O)Cn1c(N)ccnc1=O. The number of nitrogens with zero attached hydrogens (tertiary/aromatic N) is 2. The van der Waals surface area contributed by atoms with Gasteiger partial charge >= 0.3 is 11.7 Å². The molecule has 1 aromatic heterocycles. The molecule has 0 aliphatic carbocycles. The molecule has 0 radical (unpaired) electrons. The van der Waals surface area contributed by atoms with Gasteiger partial charge in [0.2, 0.25) is 0 Å². The summed E-state index contributed by atoms with van der Waals surface area (Å²) in [7, 11) is 0. The number of hydrogen-bond donors (Lipinski definition) is 1. The van der Waals surface area contributed by atoms with Crippen LogP contribution in [-0.2, 0) is 16.1 Å². The molecule has 76 valence electrons. The molecule has 1 aromatic rings. The molecule has 0 unspecified atom stereocenters. The highest BCUT2D eigenvalue weighted by molar-refractivity contribution is 5.69. The molecule has 0 aromatic carbocycles. The van der Waals surface area contributed by atoms with Crippen molar-refractivity contribution in [2.75, 3.05) is 12.3 Å². The number of esters is 1. The first kappa shape index (κ1) is 10.2. The number of carbonyl (C=O) groups excluding carboxylic acids is 1. The number of nitrogens with two attached hydrogens (primary N) is 1. The van der Waals surface area contributed by atoms with E-state index in [-0.39, 0.29) is 19.0 Å². The monoisotopic (exact) mass is 197 g/mol. The molecule has 0 saturated heterocycles. The first-order valence-electron chi connectivity index (χ1n) is 4.12. The second-order valence-electron chi connectivity index (χ2n) is 2.54. The summed E-state index contributed by atoms with van der Waals surface area (Å²) in [5, 5.41) is 0. The number of nitrogen functional groups attached to an aromatic ring is 1. The first-order chi connectivity index (χ1) is 6.65. The average molecular weight is 197 g/mol. The van der Waals surface area contributed by atoms with E-state index >= 15 is 0 Å². The van der Waals surface area contributed by atoms with E-state index in [0.29, 0.717) is 0 Å². The Bertz CT molecular complexity index is 386. The molecule has 6 nitrogen and oxygen atoms in total. The molecule has 1 rings (SSSR count). The number of rotatable bonds is 3. The Morgan fingerprint density at radius 2 is 2.43 bits per heavy atom. The highest BCUT2D eigenvalue weighted by Gasteiger charge is 2.07. The lowest BCUT2D eigenvalue weighted by molar-refractivity contribution is -0.143. The van der Waals surface area contributed by atoms with Gasteiger partial charge in [-0.25, -0.2) is 9.78 Å². The fourth-order valence-corrected chi connectivity index (χ4v) is 0.942. The Labute approximate surface area is 80.3 Å². The number of aromatic nitrogens is 2. The number of anilines is 1. The number of carbonyl (C=O) groups is 1. The van der Waals surface area contributed by atoms with Crippen molar-refractivity contribution >= 4 is 11.8 Å². The zero-order valence-electron chi connectivity index (χ0n) is 7.77. The van der Waals surface area contributed by atoms with E-state index in [1.165, 1.54) is 12.3 Å². The number of ether oxygens (including phenoxy) is 1. The third kappa shape index (κ3) is 2.32. The molecule has 0 bridgehead atoms. The maximum Gasteiger partial charge on any atom is 0.349 e. The standard InChI is InChI=1S/C8H11N3O3/c1-2-14-7(12)5-11-6(9)3-4-10-8(11)13/h3-4H,2,5,9H2,1H3. The summed E-state index contributed by atoms with van der Waals surface area (Å²) < 4.78 is 5.73. The van der Waals surface area contributed by atoms with E-state index in [1.807, 2.05) is 0 Å². The van der Waals surface area contributed by atoms with Gasteiger partial charge in [-0.3, -0.25) is 9.36 Å². The van der Waals surface area contributed by atoms with Gasteiger partial charge in [-0.2, -0.15) is 0 Å². The number of hydrogen-bond acceptors (Lipinski definition) is 5. The van der Waals surface area contributed by atoms with E-state index < -0.39 is 11.7 Å². The van der Waals surface area contributed by atoms with Crippen molar-refractivity contribution in [1.29, 1.82) is 0 Å². The molecule has 0 aliphatic heterocycles. The lowest BCUT2D eigenvalue weighted by Crippen LogP contribution is -2.28. The van der Waals surface area contributed by atoms with E-state index in [1.54, 1.807) is 6.92 Å². The van der Waals surface area contributed by atoms with Crippen molar-refractivity contribution in [3.05, 3.63) is 22.7 Å². The van der Waals surface area contributed by atoms with Gasteiger partial charge in [-0.1, -0.05) is 0 Å². The van der Waals surface area contributed by atoms with Crippen molar-refractivity contribution in [1.82, 2.24) is 9.55 Å². The fourth-order valence-electron chi connectivity index (χ4n) is 0.942. The summed E-state index contributed by atoms with van der Waals surface area (Å²) in [6, 6.07) is 1.45. The molecular weight excluding hydrogens is 186 g/mol. The van der Waals surface area contributed by atoms with Crippen LogP contribution in [0.3, 0.4) is 0 Å². The van der Waals surface area contributed by atoms with Gasteiger partial charge in [0.15, 0.2) is 0 Å². The van der Waals surface area contributed by atoms with Crippen LogP contribution < -0.4 is 11.4 Å². The molecule has 1 heterocycles. The van der Waals surface area contributed by atoms with Crippen LogP contribution in [0.1, 0.15) is 6.92 Å². The maximum absolute atomic E-state index is 11.1. The van der Waals surface area contributed by atoms with E-state index in [4.69, 9.17) is 5.73 Å². The minimum atomic E-state index is -0.557. The molecule has 0 saturated carbocycles. The molecular formula is C8H11N3O3. The largest absolute Gasteiger partial charge is 0.465 e. The van der Waals surface area contributed by atoms with Crippen LogP contribution in [0.15, 0.2) is 17.1 Å². The zero-order chi connectivity index (χ0) is 10.6. The van der Waals surface area contributed by atoms with Crippen LogP contribution in [0.2, 0.25) is 0 Å². The van der Waals surface area contributed by atoms with Gasteiger partial charge in [0, 0.05) is 6.20 Å². The smallest absolute Gasteiger partial charge is 0.349 e. The highest BCUT2D eigenvalue weighted by Crippen LogP contribution is 1.95. The van der Waals surface area contributed by atoms with Crippen LogP contribution in [0.4, 0.5) is 5.82 Å². The van der Waals surface area contributed by atoms with Gasteiger partial charge in [0.1, 0.15) is 12.4 Å². The van der Waals surface area contributed by atoms with Gasteiger partial charge < -0.3 is 10.5 Å². The van der Waals surface area contributed by atoms with Crippen LogP contribution in [-0.4, -0.2) is 22.1 Å². The second kappa shape index (κ2) is 4.40. The van der Waals surface area contributed by atoms with E-state index in [2.05, 4.69) is 9.72 Å².